The molecule has 0 aromatic rings. The first kappa shape index (κ1) is 37.2. The molecule has 0 rings (SSSR count). The van der Waals surface area contributed by atoms with Crippen LogP contribution in [-0.2, 0) is 42.6 Å². The lowest BCUT2D eigenvalue weighted by Gasteiger charge is -2.15. The zero-order chi connectivity index (χ0) is 25.6. The summed E-state index contributed by atoms with van der Waals surface area (Å²) in [6.45, 7) is 17.9. The second-order valence-electron chi connectivity index (χ2n) is 6.37. The van der Waals surface area contributed by atoms with Crippen molar-refractivity contribution in [1.82, 2.24) is 0 Å². The van der Waals surface area contributed by atoms with Gasteiger partial charge >= 0.3 is 0 Å². The second-order valence-corrected chi connectivity index (χ2v) is 6.37. The summed E-state index contributed by atoms with van der Waals surface area (Å²) in [7, 11) is 5.03. The predicted molar refractivity (Wildman–Crippen MR) is 131 cm³/mol. The van der Waals surface area contributed by atoms with Crippen molar-refractivity contribution in [2.75, 3.05) is 80.8 Å². The van der Waals surface area contributed by atoms with Crippen molar-refractivity contribution in [2.24, 2.45) is 0 Å². The number of hydrogen-bond donors (Lipinski definition) is 0. The first-order chi connectivity index (χ1) is 16.0. The van der Waals surface area contributed by atoms with E-state index in [1.165, 1.54) is 0 Å². The standard InChI is InChI=1S/3C8H18O3/c3*1-4-10-8(11-5-2)6-7-9-3/h3*8H,4-7H2,1-3H3. The Hall–Kier alpha value is -0.360. The van der Waals surface area contributed by atoms with Crippen LogP contribution in [0.1, 0.15) is 60.8 Å². The fraction of sp³-hybridized carbons (Fsp3) is 1.00. The van der Waals surface area contributed by atoms with Crippen molar-refractivity contribution in [2.45, 2.75) is 79.7 Å². The van der Waals surface area contributed by atoms with E-state index in [1.807, 2.05) is 41.5 Å². The number of rotatable bonds is 21. The molecule has 9 heteroatoms. The van der Waals surface area contributed by atoms with Gasteiger partial charge < -0.3 is 42.6 Å². The maximum Gasteiger partial charge on any atom is 0.159 e. The molecule has 0 radical (unpaired) electrons. The molecule has 0 heterocycles. The quantitative estimate of drug-likeness (QED) is 0.221. The normalized spacial score (nSPS) is 10.9. The molecule has 204 valence electrons. The lowest BCUT2D eigenvalue weighted by atomic mass is 10.4. The highest BCUT2D eigenvalue weighted by atomic mass is 16.7. The maximum atomic E-state index is 5.28. The highest BCUT2D eigenvalue weighted by molar-refractivity contribution is 4.44. The molecule has 0 bridgehead atoms. The van der Waals surface area contributed by atoms with E-state index in [2.05, 4.69) is 0 Å². The Balaban J connectivity index is -0.000000409. The van der Waals surface area contributed by atoms with Crippen LogP contribution >= 0.6 is 0 Å². The molecule has 0 saturated heterocycles. The van der Waals surface area contributed by atoms with E-state index in [4.69, 9.17) is 42.6 Å². The Morgan fingerprint density at radius 1 is 0.364 bits per heavy atom. The molecule has 0 fully saturated rings. The summed E-state index contributed by atoms with van der Waals surface area (Å²) in [5.41, 5.74) is 0. The average molecular weight is 487 g/mol. The minimum Gasteiger partial charge on any atom is -0.384 e. The van der Waals surface area contributed by atoms with Crippen molar-refractivity contribution in [3.05, 3.63) is 0 Å². The zero-order valence-electron chi connectivity index (χ0n) is 22.9. The summed E-state index contributed by atoms with van der Waals surface area (Å²) in [6.07, 6.45) is 2.13. The van der Waals surface area contributed by atoms with Crippen LogP contribution in [0.3, 0.4) is 0 Å². The summed E-state index contributed by atoms with van der Waals surface area (Å²) < 4.78 is 46.4. The molecule has 33 heavy (non-hydrogen) atoms. The van der Waals surface area contributed by atoms with Gasteiger partial charge in [-0.25, -0.2) is 0 Å². The Bertz CT molecular complexity index is 257. The summed E-state index contributed by atoms with van der Waals surface area (Å²) >= 11 is 0. The van der Waals surface area contributed by atoms with E-state index >= 15 is 0 Å². The smallest absolute Gasteiger partial charge is 0.159 e. The molecular formula is C24H54O9. The molecule has 0 amide bonds. The molecule has 0 aromatic heterocycles. The summed E-state index contributed by atoms with van der Waals surface area (Å²) in [4.78, 5) is 0. The van der Waals surface area contributed by atoms with Crippen molar-refractivity contribution >= 4 is 0 Å². The van der Waals surface area contributed by atoms with Gasteiger partial charge in [-0.15, -0.1) is 0 Å². The molecular weight excluding hydrogens is 432 g/mol. The topological polar surface area (TPSA) is 83.1 Å². The van der Waals surface area contributed by atoms with Crippen LogP contribution in [-0.4, -0.2) is 99.7 Å². The van der Waals surface area contributed by atoms with Crippen LogP contribution in [0.15, 0.2) is 0 Å². The van der Waals surface area contributed by atoms with Crippen molar-refractivity contribution in [1.29, 1.82) is 0 Å². The van der Waals surface area contributed by atoms with E-state index in [9.17, 15) is 0 Å². The Morgan fingerprint density at radius 3 is 0.667 bits per heavy atom. The summed E-state index contributed by atoms with van der Waals surface area (Å²) in [5.74, 6) is 0. The lowest BCUT2D eigenvalue weighted by molar-refractivity contribution is -0.145. The van der Waals surface area contributed by atoms with Crippen molar-refractivity contribution < 1.29 is 42.6 Å². The largest absolute Gasteiger partial charge is 0.384 e. The van der Waals surface area contributed by atoms with E-state index in [0.717, 1.165) is 19.3 Å². The summed E-state index contributed by atoms with van der Waals surface area (Å²) in [6, 6.07) is 0. The van der Waals surface area contributed by atoms with Gasteiger partial charge in [-0.3, -0.25) is 0 Å². The first-order valence-corrected chi connectivity index (χ1v) is 12.2. The number of hydrogen-bond acceptors (Lipinski definition) is 9. The highest BCUT2D eigenvalue weighted by Crippen LogP contribution is 2.02. The monoisotopic (exact) mass is 486 g/mol. The van der Waals surface area contributed by atoms with Gasteiger partial charge in [-0.2, -0.15) is 0 Å². The van der Waals surface area contributed by atoms with E-state index in [1.54, 1.807) is 21.3 Å². The lowest BCUT2D eigenvalue weighted by Crippen LogP contribution is -2.19. The van der Waals surface area contributed by atoms with Crippen LogP contribution in [0, 0.1) is 0 Å². The van der Waals surface area contributed by atoms with Gasteiger partial charge in [-0.1, -0.05) is 0 Å². The Morgan fingerprint density at radius 2 is 0.545 bits per heavy atom. The fourth-order valence-corrected chi connectivity index (χ4v) is 2.40. The maximum absolute atomic E-state index is 5.28. The Labute approximate surface area is 203 Å². The van der Waals surface area contributed by atoms with Gasteiger partial charge in [0, 0.05) is 80.2 Å². The SMILES string of the molecule is CCOC(CCOC)OCC.CCOC(CCOC)OCC.CCOC(CCOC)OCC. The zero-order valence-corrected chi connectivity index (χ0v) is 22.9. The molecule has 0 aromatic carbocycles. The molecule has 0 saturated carbocycles. The predicted octanol–water partition coefficient (Wildman–Crippen LogP) is 4.27. The third-order valence-corrected chi connectivity index (χ3v) is 3.79. The Kier molecular flexibility index (Phi) is 38.1. The van der Waals surface area contributed by atoms with Crippen molar-refractivity contribution in [3.8, 4) is 0 Å². The summed E-state index contributed by atoms with van der Waals surface area (Å²) in [5, 5.41) is 0. The fourth-order valence-electron chi connectivity index (χ4n) is 2.40. The molecule has 0 unspecified atom stereocenters. The van der Waals surface area contributed by atoms with Gasteiger partial charge in [0.25, 0.3) is 0 Å². The molecule has 9 nitrogen and oxygen atoms in total. The minimum absolute atomic E-state index is 0.0926. The van der Waals surface area contributed by atoms with Gasteiger partial charge in [0.05, 0.1) is 19.8 Å². The van der Waals surface area contributed by atoms with Gasteiger partial charge in [0.2, 0.25) is 0 Å². The van der Waals surface area contributed by atoms with Gasteiger partial charge in [0.1, 0.15) is 0 Å². The molecule has 0 atom stereocenters. The molecule has 0 aliphatic heterocycles. The third-order valence-electron chi connectivity index (χ3n) is 3.79. The van der Waals surface area contributed by atoms with E-state index in [-0.39, 0.29) is 18.9 Å². The molecule has 0 spiro atoms. The average Bonchev–Trinajstić information content (AvgIpc) is 2.81. The van der Waals surface area contributed by atoms with Crippen molar-refractivity contribution in [3.63, 3.8) is 0 Å². The van der Waals surface area contributed by atoms with Gasteiger partial charge in [-0.05, 0) is 41.5 Å². The molecule has 0 N–H and O–H groups in total. The number of methoxy groups -OCH3 is 3. The number of ether oxygens (including phenoxy) is 9. The first-order valence-electron chi connectivity index (χ1n) is 12.2. The van der Waals surface area contributed by atoms with Crippen LogP contribution < -0.4 is 0 Å². The van der Waals surface area contributed by atoms with Crippen LogP contribution in [0.4, 0.5) is 0 Å². The third kappa shape index (κ3) is 31.6. The van der Waals surface area contributed by atoms with Crippen LogP contribution in [0.2, 0.25) is 0 Å². The van der Waals surface area contributed by atoms with Gasteiger partial charge in [0.15, 0.2) is 18.9 Å². The highest BCUT2D eigenvalue weighted by Gasteiger charge is 2.07. The minimum atomic E-state index is -0.0926. The second kappa shape index (κ2) is 33.8. The molecule has 0 aliphatic carbocycles. The van der Waals surface area contributed by atoms with Crippen LogP contribution in [0.5, 0.6) is 0 Å². The van der Waals surface area contributed by atoms with E-state index in [0.29, 0.717) is 59.5 Å². The van der Waals surface area contributed by atoms with Crippen LogP contribution in [0.25, 0.3) is 0 Å². The van der Waals surface area contributed by atoms with E-state index < -0.39 is 0 Å². The molecule has 0 aliphatic rings.